The lowest BCUT2D eigenvalue weighted by atomic mass is 10.1. The van der Waals surface area contributed by atoms with Crippen LogP contribution in [0.5, 0.6) is 11.5 Å². The fourth-order valence-corrected chi connectivity index (χ4v) is 2.62. The second-order valence-electron chi connectivity index (χ2n) is 4.50. The highest BCUT2D eigenvalue weighted by Crippen LogP contribution is 2.27. The van der Waals surface area contributed by atoms with Crippen LogP contribution in [0.25, 0.3) is 0 Å². The summed E-state index contributed by atoms with van der Waals surface area (Å²) in [6, 6.07) is 8.95. The van der Waals surface area contributed by atoms with Crippen molar-refractivity contribution in [1.29, 1.82) is 0 Å². The summed E-state index contributed by atoms with van der Waals surface area (Å²) >= 11 is 1.26. The van der Waals surface area contributed by atoms with Gasteiger partial charge in [0.2, 0.25) is 0 Å². The van der Waals surface area contributed by atoms with Crippen molar-refractivity contribution in [3.63, 3.8) is 0 Å². The Morgan fingerprint density at radius 3 is 2.55 bits per heavy atom. The van der Waals surface area contributed by atoms with Gasteiger partial charge in [-0.05, 0) is 35.6 Å². The number of nitrogens with one attached hydrogen (secondary N) is 1. The van der Waals surface area contributed by atoms with Crippen LogP contribution in [-0.2, 0) is 11.2 Å². The number of Topliss-reactive ketones (excluding diaryl/α,β-unsaturated/α-hetero) is 1. The molecule has 0 atom stereocenters. The van der Waals surface area contributed by atoms with E-state index in [0.717, 1.165) is 5.56 Å². The predicted molar refractivity (Wildman–Crippen MR) is 84.9 cm³/mol. The van der Waals surface area contributed by atoms with E-state index in [4.69, 9.17) is 9.47 Å². The van der Waals surface area contributed by atoms with Gasteiger partial charge >= 0.3 is 0 Å². The monoisotopic (exact) mass is 319 g/mol. The van der Waals surface area contributed by atoms with Crippen molar-refractivity contribution in [2.75, 3.05) is 20.8 Å². The molecule has 0 saturated heterocycles. The van der Waals surface area contributed by atoms with Crippen LogP contribution in [0.15, 0.2) is 35.7 Å². The van der Waals surface area contributed by atoms with Gasteiger partial charge in [-0.25, -0.2) is 0 Å². The Hall–Kier alpha value is -2.34. The standard InChI is InChI=1S/C16H17NO4S/c1-20-12-6-5-11(10-13(12)21-2)7-8-17-16(19)15(18)14-4-3-9-22-14/h3-6,9-10H,7-8H2,1-2H3,(H,17,19). The third-order valence-corrected chi connectivity index (χ3v) is 3.97. The number of carbonyl (C=O) groups is 2. The van der Waals surface area contributed by atoms with Gasteiger partial charge in [-0.15, -0.1) is 11.3 Å². The number of carbonyl (C=O) groups excluding carboxylic acids is 2. The molecule has 1 heterocycles. The summed E-state index contributed by atoms with van der Waals surface area (Å²) in [5.41, 5.74) is 0.988. The van der Waals surface area contributed by atoms with Crippen LogP contribution in [0, 0.1) is 0 Å². The molecule has 0 spiro atoms. The molecule has 1 amide bonds. The largest absolute Gasteiger partial charge is 0.493 e. The summed E-state index contributed by atoms with van der Waals surface area (Å²) in [4.78, 5) is 24.0. The minimum atomic E-state index is -0.581. The maximum absolute atomic E-state index is 11.8. The van der Waals surface area contributed by atoms with Gasteiger partial charge in [0.25, 0.3) is 11.7 Å². The number of methoxy groups -OCH3 is 2. The second-order valence-corrected chi connectivity index (χ2v) is 5.45. The normalized spacial score (nSPS) is 10.1. The smallest absolute Gasteiger partial charge is 0.293 e. The summed E-state index contributed by atoms with van der Waals surface area (Å²) in [6.07, 6.45) is 0.601. The number of ketones is 1. The third-order valence-electron chi connectivity index (χ3n) is 3.10. The average molecular weight is 319 g/mol. The lowest BCUT2D eigenvalue weighted by Crippen LogP contribution is -2.32. The molecule has 22 heavy (non-hydrogen) atoms. The Kier molecular flexibility index (Phi) is 5.55. The van der Waals surface area contributed by atoms with Gasteiger partial charge in [-0.1, -0.05) is 12.1 Å². The lowest BCUT2D eigenvalue weighted by Gasteiger charge is -2.09. The maximum atomic E-state index is 11.8. The first-order chi connectivity index (χ1) is 10.7. The molecule has 0 aliphatic carbocycles. The van der Waals surface area contributed by atoms with E-state index in [1.807, 2.05) is 18.2 Å². The van der Waals surface area contributed by atoms with Gasteiger partial charge in [0, 0.05) is 6.54 Å². The zero-order chi connectivity index (χ0) is 15.9. The van der Waals surface area contributed by atoms with Crippen LogP contribution in [0.2, 0.25) is 0 Å². The number of hydrogen-bond acceptors (Lipinski definition) is 5. The molecule has 0 fully saturated rings. The Bertz CT molecular complexity index is 652. The molecule has 116 valence electrons. The fourth-order valence-electron chi connectivity index (χ4n) is 1.96. The topological polar surface area (TPSA) is 64.6 Å². The number of benzene rings is 1. The zero-order valence-electron chi connectivity index (χ0n) is 12.4. The molecule has 6 heteroatoms. The molecule has 0 bridgehead atoms. The van der Waals surface area contributed by atoms with Gasteiger partial charge in [0.15, 0.2) is 11.5 Å². The number of rotatable bonds is 7. The van der Waals surface area contributed by atoms with Crippen molar-refractivity contribution >= 4 is 23.0 Å². The Labute approximate surface area is 132 Å². The molecule has 0 aliphatic heterocycles. The highest BCUT2D eigenvalue weighted by atomic mass is 32.1. The van der Waals surface area contributed by atoms with Gasteiger partial charge in [-0.2, -0.15) is 0 Å². The van der Waals surface area contributed by atoms with Gasteiger partial charge < -0.3 is 14.8 Å². The quantitative estimate of drug-likeness (QED) is 0.628. The van der Waals surface area contributed by atoms with E-state index in [1.165, 1.54) is 11.3 Å². The summed E-state index contributed by atoms with van der Waals surface area (Å²) in [6.45, 7) is 0.380. The fraction of sp³-hybridized carbons (Fsp3) is 0.250. The van der Waals surface area contributed by atoms with E-state index in [1.54, 1.807) is 31.7 Å². The lowest BCUT2D eigenvalue weighted by molar-refractivity contribution is -0.116. The van der Waals surface area contributed by atoms with Crippen molar-refractivity contribution in [2.45, 2.75) is 6.42 Å². The molecule has 2 rings (SSSR count). The minimum absolute atomic E-state index is 0.380. The van der Waals surface area contributed by atoms with Crippen molar-refractivity contribution in [3.8, 4) is 11.5 Å². The van der Waals surface area contributed by atoms with Crippen LogP contribution in [0.4, 0.5) is 0 Å². The van der Waals surface area contributed by atoms with E-state index < -0.39 is 11.7 Å². The Morgan fingerprint density at radius 2 is 1.91 bits per heavy atom. The number of ether oxygens (including phenoxy) is 2. The molecule has 0 aliphatic rings. The highest BCUT2D eigenvalue weighted by molar-refractivity contribution is 7.13. The molecular weight excluding hydrogens is 302 g/mol. The van der Waals surface area contributed by atoms with Gasteiger partial charge in [0.1, 0.15) is 0 Å². The molecule has 1 N–H and O–H groups in total. The second kappa shape index (κ2) is 7.61. The minimum Gasteiger partial charge on any atom is -0.493 e. The first-order valence-corrected chi connectivity index (χ1v) is 7.60. The summed E-state index contributed by atoms with van der Waals surface area (Å²) < 4.78 is 10.4. The van der Waals surface area contributed by atoms with Crippen molar-refractivity contribution in [3.05, 3.63) is 46.2 Å². The molecule has 0 saturated carbocycles. The molecular formula is C16H17NO4S. The van der Waals surface area contributed by atoms with E-state index in [0.29, 0.717) is 29.3 Å². The first-order valence-electron chi connectivity index (χ1n) is 6.72. The molecule has 0 unspecified atom stereocenters. The van der Waals surface area contributed by atoms with Crippen LogP contribution in [0.3, 0.4) is 0 Å². The van der Waals surface area contributed by atoms with Crippen LogP contribution >= 0.6 is 11.3 Å². The third kappa shape index (κ3) is 3.85. The molecule has 1 aromatic carbocycles. The Morgan fingerprint density at radius 1 is 1.14 bits per heavy atom. The predicted octanol–water partition coefficient (Wildman–Crippen LogP) is 2.31. The van der Waals surface area contributed by atoms with Gasteiger partial charge in [0.05, 0.1) is 19.1 Å². The summed E-state index contributed by atoms with van der Waals surface area (Å²) in [5, 5.41) is 4.40. The number of hydrogen-bond donors (Lipinski definition) is 1. The molecule has 0 radical (unpaired) electrons. The van der Waals surface area contributed by atoms with Crippen molar-refractivity contribution in [1.82, 2.24) is 5.32 Å². The van der Waals surface area contributed by atoms with Crippen LogP contribution in [-0.4, -0.2) is 32.5 Å². The van der Waals surface area contributed by atoms with E-state index >= 15 is 0 Å². The summed E-state index contributed by atoms with van der Waals surface area (Å²) in [5.74, 6) is 0.217. The van der Waals surface area contributed by atoms with Crippen molar-refractivity contribution < 1.29 is 19.1 Å². The average Bonchev–Trinajstić information content (AvgIpc) is 3.08. The van der Waals surface area contributed by atoms with Crippen molar-refractivity contribution in [2.24, 2.45) is 0 Å². The highest BCUT2D eigenvalue weighted by Gasteiger charge is 2.16. The molecule has 5 nitrogen and oxygen atoms in total. The van der Waals surface area contributed by atoms with E-state index in [-0.39, 0.29) is 0 Å². The van der Waals surface area contributed by atoms with Crippen LogP contribution < -0.4 is 14.8 Å². The molecule has 1 aromatic heterocycles. The van der Waals surface area contributed by atoms with E-state index in [2.05, 4.69) is 5.32 Å². The summed E-state index contributed by atoms with van der Waals surface area (Å²) in [7, 11) is 3.15. The number of amides is 1. The molecule has 2 aromatic rings. The maximum Gasteiger partial charge on any atom is 0.293 e. The number of thiophene rings is 1. The van der Waals surface area contributed by atoms with Gasteiger partial charge in [-0.3, -0.25) is 9.59 Å². The van der Waals surface area contributed by atoms with Crippen LogP contribution in [0.1, 0.15) is 15.2 Å². The Balaban J connectivity index is 1.88. The first kappa shape index (κ1) is 16.0. The SMILES string of the molecule is COc1ccc(CCNC(=O)C(=O)c2cccs2)cc1OC. The van der Waals surface area contributed by atoms with E-state index in [9.17, 15) is 9.59 Å². The zero-order valence-corrected chi connectivity index (χ0v) is 13.2.